The third kappa shape index (κ3) is 2.03. The molecule has 104 valence electrons. The molecule has 2 N–H and O–H groups in total. The molecule has 2 heterocycles. The Bertz CT molecular complexity index is 600. The van der Waals surface area contributed by atoms with E-state index >= 15 is 0 Å². The maximum atomic E-state index is 9.55. The van der Waals surface area contributed by atoms with Gasteiger partial charge in [0.05, 0.1) is 12.1 Å². The monoisotopic (exact) mass is 271 g/mol. The van der Waals surface area contributed by atoms with Crippen LogP contribution in [0.15, 0.2) is 28.8 Å². The van der Waals surface area contributed by atoms with Crippen LogP contribution in [0.3, 0.4) is 0 Å². The van der Waals surface area contributed by atoms with Crippen molar-refractivity contribution >= 4 is 0 Å². The lowest BCUT2D eigenvalue weighted by Crippen LogP contribution is -2.15. The molecule has 2 aliphatic rings. The van der Waals surface area contributed by atoms with Crippen molar-refractivity contribution in [3.05, 3.63) is 47.1 Å². The molecular weight excluding hydrogens is 254 g/mol. The number of aromatic nitrogens is 2. The molecule has 5 heteroatoms. The molecule has 0 amide bonds. The first kappa shape index (κ1) is 12.1. The Hall–Kier alpha value is -1.72. The molecule has 2 unspecified atom stereocenters. The van der Waals surface area contributed by atoms with Gasteiger partial charge in [-0.05, 0) is 30.4 Å². The third-order valence-corrected chi connectivity index (χ3v) is 4.28. The second kappa shape index (κ2) is 4.68. The summed E-state index contributed by atoms with van der Waals surface area (Å²) in [6, 6.07) is 8.49. The fraction of sp³-hybridized carbons (Fsp3) is 0.467. The van der Waals surface area contributed by atoms with Gasteiger partial charge in [0.1, 0.15) is 0 Å². The number of benzene rings is 1. The van der Waals surface area contributed by atoms with Crippen LogP contribution in [0.1, 0.15) is 41.2 Å². The molecule has 1 aromatic heterocycles. The summed E-state index contributed by atoms with van der Waals surface area (Å²) in [6.45, 7) is 0.594. The van der Waals surface area contributed by atoms with Crippen LogP contribution in [0.5, 0.6) is 0 Å². The lowest BCUT2D eigenvalue weighted by molar-refractivity contribution is 0.191. The standard InChI is InChI=1S/C15H17N3O2/c19-12-7-13(16-8-12)15-17-14(18-20-15)11-5-9-3-1-2-4-10(9)6-11/h1-4,11-13,16,19H,5-8H2. The van der Waals surface area contributed by atoms with Crippen molar-refractivity contribution < 1.29 is 9.63 Å². The smallest absolute Gasteiger partial charge is 0.243 e. The van der Waals surface area contributed by atoms with Gasteiger partial charge in [-0.2, -0.15) is 4.98 Å². The molecule has 0 radical (unpaired) electrons. The van der Waals surface area contributed by atoms with E-state index in [0.29, 0.717) is 24.8 Å². The summed E-state index contributed by atoms with van der Waals surface area (Å²) in [4.78, 5) is 4.54. The molecule has 0 spiro atoms. The number of nitrogens with zero attached hydrogens (tertiary/aromatic N) is 2. The predicted octanol–water partition coefficient (Wildman–Crippen LogP) is 1.35. The van der Waals surface area contributed by atoms with Crippen LogP contribution >= 0.6 is 0 Å². The Labute approximate surface area is 117 Å². The van der Waals surface area contributed by atoms with Crippen LogP contribution in [0, 0.1) is 0 Å². The number of hydrogen-bond donors (Lipinski definition) is 2. The van der Waals surface area contributed by atoms with E-state index in [9.17, 15) is 5.11 Å². The molecule has 1 aliphatic carbocycles. The fourth-order valence-corrected chi connectivity index (χ4v) is 3.20. The highest BCUT2D eigenvalue weighted by Gasteiger charge is 2.31. The minimum Gasteiger partial charge on any atom is -0.392 e. The number of rotatable bonds is 2. The van der Waals surface area contributed by atoms with Crippen molar-refractivity contribution in [1.29, 1.82) is 0 Å². The van der Waals surface area contributed by atoms with E-state index in [0.717, 1.165) is 18.7 Å². The van der Waals surface area contributed by atoms with E-state index in [1.807, 2.05) is 0 Å². The van der Waals surface area contributed by atoms with Crippen molar-refractivity contribution in [2.75, 3.05) is 6.54 Å². The summed E-state index contributed by atoms with van der Waals surface area (Å²) < 4.78 is 5.37. The van der Waals surface area contributed by atoms with Gasteiger partial charge < -0.3 is 14.9 Å². The van der Waals surface area contributed by atoms with Crippen LogP contribution in [0.25, 0.3) is 0 Å². The van der Waals surface area contributed by atoms with Crippen LogP contribution in [-0.4, -0.2) is 27.9 Å². The van der Waals surface area contributed by atoms with Gasteiger partial charge in [0, 0.05) is 12.5 Å². The minimum atomic E-state index is -0.314. The first-order chi connectivity index (χ1) is 9.79. The van der Waals surface area contributed by atoms with E-state index in [1.165, 1.54) is 11.1 Å². The lowest BCUT2D eigenvalue weighted by Gasteiger charge is -2.03. The second-order valence-electron chi connectivity index (χ2n) is 5.72. The lowest BCUT2D eigenvalue weighted by atomic mass is 10.1. The van der Waals surface area contributed by atoms with Crippen molar-refractivity contribution in [1.82, 2.24) is 15.5 Å². The Morgan fingerprint density at radius 2 is 1.95 bits per heavy atom. The maximum Gasteiger partial charge on any atom is 0.243 e. The molecule has 0 bridgehead atoms. The van der Waals surface area contributed by atoms with Crippen molar-refractivity contribution in [3.63, 3.8) is 0 Å². The van der Waals surface area contributed by atoms with Crippen LogP contribution < -0.4 is 5.32 Å². The Kier molecular flexibility index (Phi) is 2.82. The van der Waals surface area contributed by atoms with E-state index in [2.05, 4.69) is 39.7 Å². The number of hydrogen-bond acceptors (Lipinski definition) is 5. The van der Waals surface area contributed by atoms with E-state index < -0.39 is 0 Å². The molecule has 1 aromatic carbocycles. The molecule has 2 atom stereocenters. The van der Waals surface area contributed by atoms with Gasteiger partial charge in [0.25, 0.3) is 0 Å². The van der Waals surface area contributed by atoms with Gasteiger partial charge in [-0.1, -0.05) is 29.4 Å². The van der Waals surface area contributed by atoms with Crippen molar-refractivity contribution in [3.8, 4) is 0 Å². The van der Waals surface area contributed by atoms with Crippen molar-refractivity contribution in [2.45, 2.75) is 37.3 Å². The Morgan fingerprint density at radius 3 is 2.60 bits per heavy atom. The molecule has 1 fully saturated rings. The fourth-order valence-electron chi connectivity index (χ4n) is 3.20. The van der Waals surface area contributed by atoms with E-state index in [4.69, 9.17) is 4.52 Å². The highest BCUT2D eigenvalue weighted by atomic mass is 16.5. The van der Waals surface area contributed by atoms with Gasteiger partial charge >= 0.3 is 0 Å². The summed E-state index contributed by atoms with van der Waals surface area (Å²) in [5, 5.41) is 16.9. The zero-order valence-corrected chi connectivity index (χ0v) is 11.1. The van der Waals surface area contributed by atoms with Gasteiger partial charge in [-0.15, -0.1) is 0 Å². The van der Waals surface area contributed by atoms with Crippen LogP contribution in [-0.2, 0) is 12.8 Å². The molecule has 1 aliphatic heterocycles. The SMILES string of the molecule is OC1CNC(c2nc(C3Cc4ccccc4C3)no2)C1. The van der Waals surface area contributed by atoms with Crippen LogP contribution in [0.2, 0.25) is 0 Å². The number of aliphatic hydroxyl groups is 1. The third-order valence-electron chi connectivity index (χ3n) is 4.28. The number of β-amino-alcohol motifs (C(OH)–C–C–N with tert-alkyl or cyclic N) is 1. The Balaban J connectivity index is 1.52. The zero-order valence-electron chi connectivity index (χ0n) is 11.1. The predicted molar refractivity (Wildman–Crippen MR) is 72.3 cm³/mol. The number of nitrogens with one attached hydrogen (secondary N) is 1. The zero-order chi connectivity index (χ0) is 13.5. The largest absolute Gasteiger partial charge is 0.392 e. The quantitative estimate of drug-likeness (QED) is 0.862. The van der Waals surface area contributed by atoms with Gasteiger partial charge in [0.2, 0.25) is 5.89 Å². The van der Waals surface area contributed by atoms with Gasteiger partial charge in [-0.3, -0.25) is 0 Å². The van der Waals surface area contributed by atoms with Crippen molar-refractivity contribution in [2.24, 2.45) is 0 Å². The summed E-state index contributed by atoms with van der Waals surface area (Å²) >= 11 is 0. The highest BCUT2D eigenvalue weighted by Crippen LogP contribution is 2.33. The van der Waals surface area contributed by atoms with Gasteiger partial charge in [0.15, 0.2) is 5.82 Å². The first-order valence-corrected chi connectivity index (χ1v) is 7.11. The normalized spacial score (nSPS) is 26.1. The molecule has 0 saturated carbocycles. The average molecular weight is 271 g/mol. The minimum absolute atomic E-state index is 0.00460. The van der Waals surface area contributed by atoms with Gasteiger partial charge in [-0.25, -0.2) is 0 Å². The van der Waals surface area contributed by atoms with E-state index in [-0.39, 0.29) is 12.1 Å². The first-order valence-electron chi connectivity index (χ1n) is 7.11. The molecule has 20 heavy (non-hydrogen) atoms. The number of aliphatic hydroxyl groups excluding tert-OH is 1. The average Bonchev–Trinajstić information content (AvgIpc) is 3.16. The topological polar surface area (TPSA) is 71.2 Å². The molecule has 2 aromatic rings. The second-order valence-corrected chi connectivity index (χ2v) is 5.72. The molecular formula is C15H17N3O2. The summed E-state index contributed by atoms with van der Waals surface area (Å²) in [6.07, 6.45) is 2.30. The summed E-state index contributed by atoms with van der Waals surface area (Å²) in [5.41, 5.74) is 2.77. The maximum absolute atomic E-state index is 9.55. The van der Waals surface area contributed by atoms with E-state index in [1.54, 1.807) is 0 Å². The number of fused-ring (bicyclic) bond motifs is 1. The Morgan fingerprint density at radius 1 is 1.20 bits per heavy atom. The molecule has 5 nitrogen and oxygen atoms in total. The highest BCUT2D eigenvalue weighted by molar-refractivity contribution is 5.34. The molecule has 1 saturated heterocycles. The summed E-state index contributed by atoms with van der Waals surface area (Å²) in [7, 11) is 0. The van der Waals surface area contributed by atoms with Crippen LogP contribution in [0.4, 0.5) is 0 Å². The molecule has 4 rings (SSSR count). The summed E-state index contributed by atoms with van der Waals surface area (Å²) in [5.74, 6) is 1.71.